The maximum absolute atomic E-state index is 5.48. The van der Waals surface area contributed by atoms with E-state index < -0.39 is 0 Å². The SMILES string of the molecule is C=Cc1cc(CN)ccc1N=C. The highest BCUT2D eigenvalue weighted by Gasteiger charge is 1.97. The van der Waals surface area contributed by atoms with E-state index >= 15 is 0 Å². The first-order chi connectivity index (χ1) is 5.81. The summed E-state index contributed by atoms with van der Waals surface area (Å²) in [7, 11) is 0. The Morgan fingerprint density at radius 2 is 2.25 bits per heavy atom. The van der Waals surface area contributed by atoms with Gasteiger partial charge in [0.1, 0.15) is 0 Å². The molecule has 62 valence electrons. The van der Waals surface area contributed by atoms with E-state index in [1.807, 2.05) is 18.2 Å². The number of hydrogen-bond donors (Lipinski definition) is 1. The molecule has 0 aromatic heterocycles. The Morgan fingerprint density at radius 1 is 1.50 bits per heavy atom. The van der Waals surface area contributed by atoms with Crippen LogP contribution in [0.4, 0.5) is 5.69 Å². The van der Waals surface area contributed by atoms with Gasteiger partial charge in [-0.15, -0.1) is 0 Å². The zero-order valence-corrected chi connectivity index (χ0v) is 6.96. The molecule has 2 N–H and O–H groups in total. The summed E-state index contributed by atoms with van der Waals surface area (Å²) in [6, 6.07) is 5.81. The van der Waals surface area contributed by atoms with Crippen LogP contribution in [0.25, 0.3) is 6.08 Å². The summed E-state index contributed by atoms with van der Waals surface area (Å²) >= 11 is 0. The molecule has 2 nitrogen and oxygen atoms in total. The highest BCUT2D eigenvalue weighted by molar-refractivity contribution is 5.65. The number of aliphatic imine (C=N–C) groups is 1. The highest BCUT2D eigenvalue weighted by atomic mass is 14.7. The van der Waals surface area contributed by atoms with Gasteiger partial charge in [-0.1, -0.05) is 18.7 Å². The molecule has 0 spiro atoms. The van der Waals surface area contributed by atoms with E-state index in [9.17, 15) is 0 Å². The lowest BCUT2D eigenvalue weighted by atomic mass is 10.1. The van der Waals surface area contributed by atoms with Crippen molar-refractivity contribution in [2.24, 2.45) is 10.7 Å². The fourth-order valence-electron chi connectivity index (χ4n) is 1.04. The Labute approximate surface area is 72.4 Å². The van der Waals surface area contributed by atoms with E-state index in [4.69, 9.17) is 5.73 Å². The van der Waals surface area contributed by atoms with Crippen LogP contribution in [0.3, 0.4) is 0 Å². The Kier molecular flexibility index (Phi) is 2.77. The first-order valence-electron chi connectivity index (χ1n) is 3.74. The maximum Gasteiger partial charge on any atom is 0.0694 e. The lowest BCUT2D eigenvalue weighted by Gasteiger charge is -2.02. The van der Waals surface area contributed by atoms with E-state index in [0.29, 0.717) is 6.54 Å². The van der Waals surface area contributed by atoms with Gasteiger partial charge in [0.15, 0.2) is 0 Å². The molecular weight excluding hydrogens is 148 g/mol. The van der Waals surface area contributed by atoms with Crippen molar-refractivity contribution in [3.05, 3.63) is 35.9 Å². The van der Waals surface area contributed by atoms with Gasteiger partial charge in [0, 0.05) is 6.54 Å². The molecule has 0 aliphatic heterocycles. The van der Waals surface area contributed by atoms with Crippen LogP contribution in [0.2, 0.25) is 0 Å². The normalized spacial score (nSPS) is 9.42. The van der Waals surface area contributed by atoms with Gasteiger partial charge >= 0.3 is 0 Å². The molecule has 0 saturated heterocycles. The summed E-state index contributed by atoms with van der Waals surface area (Å²) in [5.74, 6) is 0. The smallest absolute Gasteiger partial charge is 0.0694 e. The second-order valence-corrected chi connectivity index (χ2v) is 2.46. The molecule has 0 bridgehead atoms. The molecule has 1 aromatic rings. The lowest BCUT2D eigenvalue weighted by Crippen LogP contribution is -1.95. The fraction of sp³-hybridized carbons (Fsp3) is 0.100. The van der Waals surface area contributed by atoms with Gasteiger partial charge in [-0.3, -0.25) is 4.99 Å². The first-order valence-corrected chi connectivity index (χ1v) is 3.74. The highest BCUT2D eigenvalue weighted by Crippen LogP contribution is 2.20. The van der Waals surface area contributed by atoms with Gasteiger partial charge in [0.25, 0.3) is 0 Å². The molecule has 0 fully saturated rings. The molecule has 1 rings (SSSR count). The second-order valence-electron chi connectivity index (χ2n) is 2.46. The monoisotopic (exact) mass is 160 g/mol. The predicted octanol–water partition coefficient (Wildman–Crippen LogP) is 2.12. The number of rotatable bonds is 3. The van der Waals surface area contributed by atoms with Crippen LogP contribution in [0.5, 0.6) is 0 Å². The molecular formula is C10H12N2. The van der Waals surface area contributed by atoms with Crippen molar-refractivity contribution in [2.75, 3.05) is 0 Å². The van der Waals surface area contributed by atoms with Crippen LogP contribution in [-0.2, 0) is 6.54 Å². The minimum atomic E-state index is 0.540. The molecule has 0 heterocycles. The topological polar surface area (TPSA) is 38.4 Å². The lowest BCUT2D eigenvalue weighted by molar-refractivity contribution is 1.07. The van der Waals surface area contributed by atoms with Gasteiger partial charge in [-0.25, -0.2) is 0 Å². The molecule has 1 aromatic carbocycles. The van der Waals surface area contributed by atoms with Gasteiger partial charge in [0.2, 0.25) is 0 Å². The third kappa shape index (κ3) is 1.60. The van der Waals surface area contributed by atoms with E-state index in [1.165, 1.54) is 0 Å². The number of nitrogens with two attached hydrogens (primary N) is 1. The van der Waals surface area contributed by atoms with Crippen LogP contribution in [0.15, 0.2) is 29.8 Å². The number of benzene rings is 1. The van der Waals surface area contributed by atoms with E-state index in [1.54, 1.807) is 6.08 Å². The molecule has 0 aliphatic rings. The summed E-state index contributed by atoms with van der Waals surface area (Å²) < 4.78 is 0. The summed E-state index contributed by atoms with van der Waals surface area (Å²) in [6.45, 7) is 7.69. The minimum Gasteiger partial charge on any atom is -0.326 e. The molecule has 0 saturated carbocycles. The average Bonchev–Trinajstić information content (AvgIpc) is 2.16. The van der Waals surface area contributed by atoms with Crippen LogP contribution < -0.4 is 5.73 Å². The molecule has 0 unspecified atom stereocenters. The molecule has 0 aliphatic carbocycles. The van der Waals surface area contributed by atoms with Crippen LogP contribution in [-0.4, -0.2) is 6.72 Å². The zero-order chi connectivity index (χ0) is 8.97. The first kappa shape index (κ1) is 8.68. The summed E-state index contributed by atoms with van der Waals surface area (Å²) in [5, 5.41) is 0. The Hall–Kier alpha value is -1.41. The minimum absolute atomic E-state index is 0.540. The summed E-state index contributed by atoms with van der Waals surface area (Å²) in [4.78, 5) is 3.85. The summed E-state index contributed by atoms with van der Waals surface area (Å²) in [5.41, 5.74) is 8.39. The van der Waals surface area contributed by atoms with Crippen molar-refractivity contribution in [1.29, 1.82) is 0 Å². The number of hydrogen-bond acceptors (Lipinski definition) is 2. The van der Waals surface area contributed by atoms with E-state index in [-0.39, 0.29) is 0 Å². The van der Waals surface area contributed by atoms with Crippen LogP contribution in [0, 0.1) is 0 Å². The Balaban J connectivity index is 3.18. The quantitative estimate of drug-likeness (QED) is 0.676. The molecule has 2 heteroatoms. The molecule has 12 heavy (non-hydrogen) atoms. The van der Waals surface area contributed by atoms with Crippen molar-refractivity contribution < 1.29 is 0 Å². The van der Waals surface area contributed by atoms with Gasteiger partial charge in [0.05, 0.1) is 5.69 Å². The van der Waals surface area contributed by atoms with E-state index in [2.05, 4.69) is 18.3 Å². The van der Waals surface area contributed by atoms with Crippen molar-refractivity contribution in [3.63, 3.8) is 0 Å². The third-order valence-corrected chi connectivity index (χ3v) is 1.72. The predicted molar refractivity (Wildman–Crippen MR) is 53.6 cm³/mol. The Morgan fingerprint density at radius 3 is 2.75 bits per heavy atom. The second kappa shape index (κ2) is 3.83. The summed E-state index contributed by atoms with van der Waals surface area (Å²) in [6.07, 6.45) is 1.75. The zero-order valence-electron chi connectivity index (χ0n) is 6.96. The van der Waals surface area contributed by atoms with Crippen molar-refractivity contribution in [1.82, 2.24) is 0 Å². The third-order valence-electron chi connectivity index (χ3n) is 1.72. The maximum atomic E-state index is 5.48. The molecule has 0 radical (unpaired) electrons. The van der Waals surface area contributed by atoms with Gasteiger partial charge < -0.3 is 5.73 Å². The van der Waals surface area contributed by atoms with Crippen LogP contribution in [0.1, 0.15) is 11.1 Å². The standard InChI is InChI=1S/C10H12N2/c1-3-9-6-8(7-11)4-5-10(9)12-2/h3-6H,1-2,7,11H2. The van der Waals surface area contributed by atoms with Crippen molar-refractivity contribution in [3.8, 4) is 0 Å². The molecule has 0 amide bonds. The van der Waals surface area contributed by atoms with E-state index in [0.717, 1.165) is 16.8 Å². The Bertz CT molecular complexity index is 303. The average molecular weight is 160 g/mol. The molecule has 0 atom stereocenters. The fourth-order valence-corrected chi connectivity index (χ4v) is 1.04. The largest absolute Gasteiger partial charge is 0.326 e. The van der Waals surface area contributed by atoms with Crippen molar-refractivity contribution in [2.45, 2.75) is 6.54 Å². The van der Waals surface area contributed by atoms with Gasteiger partial charge in [-0.05, 0) is 30.0 Å². The van der Waals surface area contributed by atoms with Gasteiger partial charge in [-0.2, -0.15) is 0 Å². The van der Waals surface area contributed by atoms with Crippen molar-refractivity contribution >= 4 is 18.5 Å². The van der Waals surface area contributed by atoms with Crippen LogP contribution >= 0.6 is 0 Å². The number of nitrogens with zero attached hydrogens (tertiary/aromatic N) is 1.